The summed E-state index contributed by atoms with van der Waals surface area (Å²) in [6, 6.07) is 9.90. The third-order valence-electron chi connectivity index (χ3n) is 5.60. The number of carbonyl (C=O) groups excluding carboxylic acids is 1. The van der Waals surface area contributed by atoms with Gasteiger partial charge in [-0.15, -0.1) is 16.4 Å². The topological polar surface area (TPSA) is 87.7 Å². The molecule has 5 rings (SSSR count). The Labute approximate surface area is 188 Å². The molecule has 0 bridgehead atoms. The van der Waals surface area contributed by atoms with Crippen LogP contribution < -0.4 is 5.69 Å². The van der Waals surface area contributed by atoms with Crippen LogP contribution in [0.1, 0.15) is 42.6 Å². The SMILES string of the molecule is CCOC(=O)Cn1c(=O)n2nc(Cc3ccccc3)nc2c2c3c(sc21)COC(C)(C)C3. The highest BCUT2D eigenvalue weighted by atomic mass is 32.1. The Balaban J connectivity index is 1.74. The molecule has 0 spiro atoms. The van der Waals surface area contributed by atoms with Crippen LogP contribution in [-0.4, -0.2) is 37.3 Å². The fourth-order valence-electron chi connectivity index (χ4n) is 4.14. The minimum atomic E-state index is -0.456. The zero-order valence-electron chi connectivity index (χ0n) is 18.3. The molecular formula is C23H24N4O4S. The fourth-order valence-corrected chi connectivity index (χ4v) is 5.36. The lowest BCUT2D eigenvalue weighted by atomic mass is 9.94. The number of esters is 1. The van der Waals surface area contributed by atoms with Gasteiger partial charge in [-0.05, 0) is 31.9 Å². The molecule has 166 valence electrons. The van der Waals surface area contributed by atoms with Gasteiger partial charge in [0.2, 0.25) is 0 Å². The zero-order chi connectivity index (χ0) is 22.5. The van der Waals surface area contributed by atoms with E-state index in [4.69, 9.17) is 14.5 Å². The molecule has 4 aromatic rings. The molecule has 0 saturated carbocycles. The summed E-state index contributed by atoms with van der Waals surface area (Å²) in [5.74, 6) is 0.109. The van der Waals surface area contributed by atoms with E-state index in [2.05, 4.69) is 18.9 Å². The number of hydrogen-bond donors (Lipinski definition) is 0. The molecule has 3 aromatic heterocycles. The van der Waals surface area contributed by atoms with Crippen molar-refractivity contribution in [2.45, 2.75) is 52.4 Å². The number of nitrogens with zero attached hydrogens (tertiary/aromatic N) is 4. The Morgan fingerprint density at radius 1 is 1.28 bits per heavy atom. The molecule has 0 unspecified atom stereocenters. The van der Waals surface area contributed by atoms with E-state index >= 15 is 0 Å². The van der Waals surface area contributed by atoms with Crippen LogP contribution in [0.2, 0.25) is 0 Å². The number of aromatic nitrogens is 4. The number of benzene rings is 1. The minimum absolute atomic E-state index is 0.170. The summed E-state index contributed by atoms with van der Waals surface area (Å²) < 4.78 is 13.9. The van der Waals surface area contributed by atoms with E-state index < -0.39 is 11.7 Å². The van der Waals surface area contributed by atoms with E-state index in [1.807, 2.05) is 30.3 Å². The molecule has 4 heterocycles. The van der Waals surface area contributed by atoms with E-state index in [1.165, 1.54) is 20.4 Å². The van der Waals surface area contributed by atoms with Crippen molar-refractivity contribution >= 4 is 33.2 Å². The molecule has 1 aliphatic rings. The molecule has 0 aliphatic carbocycles. The molecule has 0 radical (unpaired) electrons. The number of fused-ring (bicyclic) bond motifs is 5. The predicted octanol–water partition coefficient (Wildman–Crippen LogP) is 3.11. The number of ether oxygens (including phenoxy) is 2. The first kappa shape index (κ1) is 20.8. The number of carbonyl (C=O) groups is 1. The van der Waals surface area contributed by atoms with Gasteiger partial charge in [0.1, 0.15) is 11.4 Å². The first-order chi connectivity index (χ1) is 15.4. The van der Waals surface area contributed by atoms with Crippen molar-refractivity contribution in [3.8, 4) is 0 Å². The van der Waals surface area contributed by atoms with Gasteiger partial charge < -0.3 is 9.47 Å². The Bertz CT molecular complexity index is 1380. The summed E-state index contributed by atoms with van der Waals surface area (Å²) in [6.45, 7) is 6.40. The monoisotopic (exact) mass is 452 g/mol. The van der Waals surface area contributed by atoms with E-state index in [9.17, 15) is 9.59 Å². The molecular weight excluding hydrogens is 428 g/mol. The Morgan fingerprint density at radius 3 is 2.81 bits per heavy atom. The lowest BCUT2D eigenvalue weighted by Crippen LogP contribution is -2.32. The first-order valence-electron chi connectivity index (χ1n) is 10.6. The third-order valence-corrected chi connectivity index (χ3v) is 6.83. The molecule has 32 heavy (non-hydrogen) atoms. The maximum atomic E-state index is 13.4. The van der Waals surface area contributed by atoms with Gasteiger partial charge in [-0.3, -0.25) is 9.36 Å². The van der Waals surface area contributed by atoms with Gasteiger partial charge in [0.05, 0.1) is 24.2 Å². The molecule has 0 saturated heterocycles. The van der Waals surface area contributed by atoms with Crippen molar-refractivity contribution in [2.24, 2.45) is 0 Å². The summed E-state index contributed by atoms with van der Waals surface area (Å²) >= 11 is 1.48. The average molecular weight is 453 g/mol. The van der Waals surface area contributed by atoms with Crippen LogP contribution in [0.5, 0.6) is 0 Å². The third kappa shape index (κ3) is 3.61. The van der Waals surface area contributed by atoms with Crippen molar-refractivity contribution < 1.29 is 14.3 Å². The zero-order valence-corrected chi connectivity index (χ0v) is 19.1. The van der Waals surface area contributed by atoms with E-state index in [-0.39, 0.29) is 18.8 Å². The predicted molar refractivity (Wildman–Crippen MR) is 121 cm³/mol. The van der Waals surface area contributed by atoms with Gasteiger partial charge in [0, 0.05) is 17.7 Å². The highest BCUT2D eigenvalue weighted by Gasteiger charge is 2.32. The summed E-state index contributed by atoms with van der Waals surface area (Å²) in [4.78, 5) is 32.2. The normalized spacial score (nSPS) is 15.2. The molecule has 0 amide bonds. The molecule has 8 nitrogen and oxygen atoms in total. The standard InChI is InChI=1S/C23H24N4O4S/c1-4-30-18(28)12-26-21-19(15-11-23(2,3)31-13-16(15)32-21)20-24-17(25-27(20)22(26)29)10-14-8-6-5-7-9-14/h5-9H,4,10-13H2,1-3H3. The van der Waals surface area contributed by atoms with Crippen molar-refractivity contribution in [3.63, 3.8) is 0 Å². The Kier molecular flexibility index (Phi) is 5.10. The van der Waals surface area contributed by atoms with Gasteiger partial charge in [0.25, 0.3) is 0 Å². The van der Waals surface area contributed by atoms with Crippen molar-refractivity contribution in [3.05, 3.63) is 62.6 Å². The highest BCUT2D eigenvalue weighted by molar-refractivity contribution is 7.19. The second-order valence-corrected chi connectivity index (χ2v) is 9.59. The van der Waals surface area contributed by atoms with Crippen LogP contribution >= 0.6 is 11.3 Å². The van der Waals surface area contributed by atoms with E-state index in [0.717, 1.165) is 21.4 Å². The fraction of sp³-hybridized carbons (Fsp3) is 0.391. The second kappa shape index (κ2) is 7.83. The molecule has 1 aromatic carbocycles. The molecule has 0 N–H and O–H groups in total. The first-order valence-corrected chi connectivity index (χ1v) is 11.4. The van der Waals surface area contributed by atoms with Gasteiger partial charge >= 0.3 is 11.7 Å². The van der Waals surface area contributed by atoms with Gasteiger partial charge in [-0.25, -0.2) is 9.78 Å². The van der Waals surface area contributed by atoms with E-state index in [1.54, 1.807) is 6.92 Å². The summed E-state index contributed by atoms with van der Waals surface area (Å²) in [5.41, 5.74) is 1.99. The van der Waals surface area contributed by atoms with Gasteiger partial charge in [-0.2, -0.15) is 4.52 Å². The summed E-state index contributed by atoms with van der Waals surface area (Å²) in [6.07, 6.45) is 1.21. The van der Waals surface area contributed by atoms with Crippen LogP contribution in [-0.2, 0) is 40.3 Å². The van der Waals surface area contributed by atoms with Gasteiger partial charge in [-0.1, -0.05) is 30.3 Å². The summed E-state index contributed by atoms with van der Waals surface area (Å²) in [5, 5.41) is 5.40. The number of rotatable bonds is 5. The minimum Gasteiger partial charge on any atom is -0.465 e. The Morgan fingerprint density at radius 2 is 2.06 bits per heavy atom. The quantitative estimate of drug-likeness (QED) is 0.433. The van der Waals surface area contributed by atoms with Crippen molar-refractivity contribution in [1.82, 2.24) is 19.2 Å². The van der Waals surface area contributed by atoms with Crippen LogP contribution in [0.3, 0.4) is 0 Å². The molecule has 9 heteroatoms. The van der Waals surface area contributed by atoms with Crippen molar-refractivity contribution in [1.29, 1.82) is 0 Å². The van der Waals surface area contributed by atoms with Crippen LogP contribution in [0.15, 0.2) is 35.1 Å². The van der Waals surface area contributed by atoms with E-state index in [0.29, 0.717) is 35.8 Å². The molecule has 0 fully saturated rings. The highest BCUT2D eigenvalue weighted by Crippen LogP contribution is 2.40. The maximum Gasteiger partial charge on any atom is 0.352 e. The molecule has 0 atom stereocenters. The lowest BCUT2D eigenvalue weighted by Gasteiger charge is -2.30. The van der Waals surface area contributed by atoms with Crippen LogP contribution in [0.25, 0.3) is 15.9 Å². The number of thiophene rings is 1. The average Bonchev–Trinajstić information content (AvgIpc) is 3.32. The van der Waals surface area contributed by atoms with Crippen LogP contribution in [0.4, 0.5) is 0 Å². The van der Waals surface area contributed by atoms with Crippen LogP contribution in [0, 0.1) is 0 Å². The summed E-state index contributed by atoms with van der Waals surface area (Å²) in [7, 11) is 0. The smallest absolute Gasteiger partial charge is 0.352 e. The largest absolute Gasteiger partial charge is 0.465 e. The van der Waals surface area contributed by atoms with Gasteiger partial charge in [0.15, 0.2) is 11.5 Å². The Hall–Kier alpha value is -3.04. The molecule has 1 aliphatic heterocycles. The van der Waals surface area contributed by atoms with Crippen molar-refractivity contribution in [2.75, 3.05) is 6.61 Å². The lowest BCUT2D eigenvalue weighted by molar-refractivity contribution is -0.143. The maximum absolute atomic E-state index is 13.4. The number of hydrogen-bond acceptors (Lipinski definition) is 7. The second-order valence-electron chi connectivity index (χ2n) is 8.51.